The molecule has 0 spiro atoms. The highest BCUT2D eigenvalue weighted by Gasteiger charge is 2.29. The minimum Gasteiger partial charge on any atom is -0.368 e. The lowest BCUT2D eigenvalue weighted by Crippen LogP contribution is -2.40. The summed E-state index contributed by atoms with van der Waals surface area (Å²) in [4.78, 5) is 13.9. The minimum absolute atomic E-state index is 0.170. The van der Waals surface area contributed by atoms with Gasteiger partial charge in [-0.15, -0.1) is 0 Å². The molecule has 1 aromatic rings. The van der Waals surface area contributed by atoms with Crippen LogP contribution in [0.1, 0.15) is 19.3 Å². The van der Waals surface area contributed by atoms with Gasteiger partial charge in [0.1, 0.15) is 11.9 Å². The molecular weight excluding hydrogens is 247 g/mol. The van der Waals surface area contributed by atoms with E-state index in [0.717, 1.165) is 6.42 Å². The number of hydrogen-bond acceptors (Lipinski definition) is 3. The van der Waals surface area contributed by atoms with Crippen LogP contribution in [0.5, 0.6) is 0 Å². The maximum absolute atomic E-state index is 13.8. The van der Waals surface area contributed by atoms with E-state index in [1.54, 1.807) is 18.2 Å². The zero-order chi connectivity index (χ0) is 13.7. The fourth-order valence-corrected chi connectivity index (χ4v) is 2.22. The number of nitrogens with zero attached hydrogens (tertiary/aromatic N) is 1. The van der Waals surface area contributed by atoms with Crippen molar-refractivity contribution in [3.63, 3.8) is 0 Å². The summed E-state index contributed by atoms with van der Waals surface area (Å²) in [6.45, 7) is 1.47. The molecule has 1 fully saturated rings. The van der Waals surface area contributed by atoms with Crippen molar-refractivity contribution in [1.82, 2.24) is 0 Å². The molecule has 0 saturated carbocycles. The predicted octanol–water partition coefficient (Wildman–Crippen LogP) is 1.69. The minimum atomic E-state index is -0.447. The van der Waals surface area contributed by atoms with Gasteiger partial charge >= 0.3 is 0 Å². The zero-order valence-corrected chi connectivity index (χ0v) is 10.8. The number of ether oxygens (including phenoxy) is 1. The molecule has 1 amide bonds. The van der Waals surface area contributed by atoms with E-state index < -0.39 is 11.9 Å². The Bertz CT molecular complexity index is 433. The maximum atomic E-state index is 13.8. The summed E-state index contributed by atoms with van der Waals surface area (Å²) >= 11 is 0. The lowest BCUT2D eigenvalue weighted by atomic mass is 10.2. The van der Waals surface area contributed by atoms with Crippen LogP contribution in [-0.2, 0) is 9.53 Å². The largest absolute Gasteiger partial charge is 0.368 e. The number of nitrogens with two attached hydrogens (primary N) is 1. The molecule has 0 bridgehead atoms. The fraction of sp³-hybridized carbons (Fsp3) is 0.500. The number of para-hydroxylation sites is 1. The van der Waals surface area contributed by atoms with Crippen molar-refractivity contribution in [2.24, 2.45) is 5.73 Å². The summed E-state index contributed by atoms with van der Waals surface area (Å²) in [6, 6.07) is 6.29. The van der Waals surface area contributed by atoms with Crippen molar-refractivity contribution in [2.75, 3.05) is 24.6 Å². The van der Waals surface area contributed by atoms with Gasteiger partial charge in [0, 0.05) is 13.2 Å². The van der Waals surface area contributed by atoms with Gasteiger partial charge in [-0.2, -0.15) is 0 Å². The Kier molecular flexibility index (Phi) is 4.87. The Balaban J connectivity index is 2.19. The lowest BCUT2D eigenvalue weighted by molar-refractivity contribution is -0.127. The molecule has 1 aromatic carbocycles. The van der Waals surface area contributed by atoms with Crippen molar-refractivity contribution < 1.29 is 13.9 Å². The van der Waals surface area contributed by atoms with Crippen LogP contribution in [0.3, 0.4) is 0 Å². The third kappa shape index (κ3) is 3.30. The Hall–Kier alpha value is -1.46. The Morgan fingerprint density at radius 3 is 2.89 bits per heavy atom. The van der Waals surface area contributed by atoms with Crippen LogP contribution in [0.15, 0.2) is 24.3 Å². The lowest BCUT2D eigenvalue weighted by Gasteiger charge is -2.25. The highest BCUT2D eigenvalue weighted by molar-refractivity contribution is 5.96. The van der Waals surface area contributed by atoms with E-state index in [0.29, 0.717) is 38.2 Å². The first-order valence-electron chi connectivity index (χ1n) is 6.61. The molecule has 0 aromatic heterocycles. The van der Waals surface area contributed by atoms with Gasteiger partial charge in [0.15, 0.2) is 0 Å². The van der Waals surface area contributed by atoms with E-state index in [1.165, 1.54) is 11.0 Å². The quantitative estimate of drug-likeness (QED) is 0.882. The summed E-state index contributed by atoms with van der Waals surface area (Å²) in [5.41, 5.74) is 5.79. The van der Waals surface area contributed by atoms with Gasteiger partial charge in [0.25, 0.3) is 5.91 Å². The number of halogens is 1. The fourth-order valence-electron chi connectivity index (χ4n) is 2.22. The van der Waals surface area contributed by atoms with E-state index in [1.807, 2.05) is 0 Å². The van der Waals surface area contributed by atoms with Gasteiger partial charge in [-0.05, 0) is 37.9 Å². The Morgan fingerprint density at radius 1 is 1.47 bits per heavy atom. The molecule has 1 atom stereocenters. The number of carbonyl (C=O) groups is 1. The van der Waals surface area contributed by atoms with Crippen molar-refractivity contribution in [3.8, 4) is 0 Å². The average Bonchev–Trinajstić information content (AvgIpc) is 2.94. The molecule has 2 N–H and O–H groups in total. The predicted molar refractivity (Wildman–Crippen MR) is 71.4 cm³/mol. The van der Waals surface area contributed by atoms with Gasteiger partial charge in [-0.25, -0.2) is 4.39 Å². The van der Waals surface area contributed by atoms with Crippen LogP contribution in [0.2, 0.25) is 0 Å². The summed E-state index contributed by atoms with van der Waals surface area (Å²) in [5, 5.41) is 0. The molecule has 0 aliphatic carbocycles. The first kappa shape index (κ1) is 14.0. The van der Waals surface area contributed by atoms with E-state index in [2.05, 4.69) is 0 Å². The molecule has 104 valence electrons. The topological polar surface area (TPSA) is 55.6 Å². The number of benzene rings is 1. The van der Waals surface area contributed by atoms with Gasteiger partial charge in [-0.1, -0.05) is 12.1 Å². The highest BCUT2D eigenvalue weighted by atomic mass is 19.1. The van der Waals surface area contributed by atoms with Gasteiger partial charge in [-0.3, -0.25) is 4.79 Å². The summed E-state index contributed by atoms with van der Waals surface area (Å²) in [5.74, 6) is -0.568. The molecule has 1 heterocycles. The monoisotopic (exact) mass is 266 g/mol. The third-order valence-corrected chi connectivity index (χ3v) is 3.20. The van der Waals surface area contributed by atoms with Crippen molar-refractivity contribution >= 4 is 11.6 Å². The van der Waals surface area contributed by atoms with Crippen molar-refractivity contribution in [3.05, 3.63) is 30.1 Å². The molecule has 1 saturated heterocycles. The van der Waals surface area contributed by atoms with E-state index >= 15 is 0 Å². The number of rotatable bonds is 5. The summed E-state index contributed by atoms with van der Waals surface area (Å²) in [7, 11) is 0. The molecular formula is C14H19FN2O2. The number of hydrogen-bond donors (Lipinski definition) is 1. The van der Waals surface area contributed by atoms with Crippen LogP contribution in [0.4, 0.5) is 10.1 Å². The zero-order valence-electron chi connectivity index (χ0n) is 10.8. The van der Waals surface area contributed by atoms with Crippen LogP contribution < -0.4 is 10.6 Å². The Labute approximate surface area is 112 Å². The summed E-state index contributed by atoms with van der Waals surface area (Å²) < 4.78 is 19.2. The highest BCUT2D eigenvalue weighted by Crippen LogP contribution is 2.23. The van der Waals surface area contributed by atoms with Gasteiger partial charge < -0.3 is 15.4 Å². The van der Waals surface area contributed by atoms with E-state index in [4.69, 9.17) is 10.5 Å². The second-order valence-electron chi connectivity index (χ2n) is 4.59. The van der Waals surface area contributed by atoms with Crippen LogP contribution in [0.25, 0.3) is 0 Å². The van der Waals surface area contributed by atoms with E-state index in [-0.39, 0.29) is 5.91 Å². The molecule has 0 radical (unpaired) electrons. The normalized spacial score (nSPS) is 18.5. The number of carbonyl (C=O) groups excluding carboxylic acids is 1. The molecule has 5 heteroatoms. The number of amides is 1. The van der Waals surface area contributed by atoms with Gasteiger partial charge in [0.2, 0.25) is 0 Å². The molecule has 1 aliphatic rings. The standard InChI is InChI=1S/C14H19FN2O2/c15-11-5-1-2-6-12(11)17(9-4-8-16)14(18)13-7-3-10-19-13/h1-2,5-6,13H,3-4,7-10,16H2. The van der Waals surface area contributed by atoms with Crippen LogP contribution >= 0.6 is 0 Å². The summed E-state index contributed by atoms with van der Waals surface area (Å²) in [6.07, 6.45) is 1.76. The average molecular weight is 266 g/mol. The van der Waals surface area contributed by atoms with Crippen molar-refractivity contribution in [2.45, 2.75) is 25.4 Å². The molecule has 19 heavy (non-hydrogen) atoms. The van der Waals surface area contributed by atoms with Crippen LogP contribution in [0, 0.1) is 5.82 Å². The molecule has 1 aliphatic heterocycles. The Morgan fingerprint density at radius 2 is 2.26 bits per heavy atom. The van der Waals surface area contributed by atoms with E-state index in [9.17, 15) is 9.18 Å². The van der Waals surface area contributed by atoms with Crippen LogP contribution in [-0.4, -0.2) is 31.7 Å². The van der Waals surface area contributed by atoms with Crippen molar-refractivity contribution in [1.29, 1.82) is 0 Å². The smallest absolute Gasteiger partial charge is 0.256 e. The SMILES string of the molecule is NCCCN(C(=O)C1CCCO1)c1ccccc1F. The second-order valence-corrected chi connectivity index (χ2v) is 4.59. The first-order chi connectivity index (χ1) is 9.24. The third-order valence-electron chi connectivity index (χ3n) is 3.20. The molecule has 1 unspecified atom stereocenters. The second kappa shape index (κ2) is 6.63. The molecule has 2 rings (SSSR count). The molecule has 4 nitrogen and oxygen atoms in total. The maximum Gasteiger partial charge on any atom is 0.256 e. The first-order valence-corrected chi connectivity index (χ1v) is 6.61. The van der Waals surface area contributed by atoms with Gasteiger partial charge in [0.05, 0.1) is 5.69 Å². The number of anilines is 1.